The topological polar surface area (TPSA) is 69.7 Å². The second-order valence-electron chi connectivity index (χ2n) is 5.62. The molecule has 0 heterocycles. The average Bonchev–Trinajstić information content (AvgIpc) is 2.59. The van der Waals surface area contributed by atoms with Gasteiger partial charge in [0.15, 0.2) is 0 Å². The first kappa shape index (κ1) is 18.2. The molecule has 6 heteroatoms. The van der Waals surface area contributed by atoms with Crippen LogP contribution in [0, 0.1) is 0 Å². The van der Waals surface area contributed by atoms with Gasteiger partial charge >= 0.3 is 0 Å². The molecule has 0 atom stereocenters. The fraction of sp³-hybridized carbons (Fsp3) is 0.211. The van der Waals surface area contributed by atoms with Crippen molar-refractivity contribution in [2.45, 2.75) is 13.8 Å². The van der Waals surface area contributed by atoms with Gasteiger partial charge in [-0.15, -0.1) is 0 Å². The summed E-state index contributed by atoms with van der Waals surface area (Å²) in [6.45, 7) is 2.72. The highest BCUT2D eigenvalue weighted by atomic mass is 16.2. The molecule has 0 bridgehead atoms. The Hall–Kier alpha value is -3.15. The van der Waals surface area contributed by atoms with Crippen LogP contribution >= 0.6 is 0 Å². The van der Waals surface area contributed by atoms with Gasteiger partial charge in [0, 0.05) is 38.0 Å². The molecule has 130 valence electrons. The van der Waals surface area contributed by atoms with Crippen molar-refractivity contribution >= 4 is 34.8 Å². The molecule has 1 N–H and O–H groups in total. The van der Waals surface area contributed by atoms with E-state index in [1.807, 2.05) is 30.3 Å². The van der Waals surface area contributed by atoms with Crippen LogP contribution in [0.3, 0.4) is 0 Å². The molecule has 0 saturated carbocycles. The minimum Gasteiger partial charge on any atom is -0.326 e. The van der Waals surface area contributed by atoms with E-state index in [1.165, 1.54) is 23.6 Å². The number of amides is 3. The van der Waals surface area contributed by atoms with E-state index in [0.29, 0.717) is 11.4 Å². The van der Waals surface area contributed by atoms with E-state index in [2.05, 4.69) is 5.32 Å². The van der Waals surface area contributed by atoms with Crippen LogP contribution in [0.15, 0.2) is 54.6 Å². The molecule has 0 spiro atoms. The van der Waals surface area contributed by atoms with Crippen LogP contribution in [0.5, 0.6) is 0 Å². The van der Waals surface area contributed by atoms with Crippen molar-refractivity contribution in [2.75, 3.05) is 28.7 Å². The van der Waals surface area contributed by atoms with Gasteiger partial charge in [-0.2, -0.15) is 0 Å². The third kappa shape index (κ3) is 4.91. The molecular weight excluding hydrogens is 318 g/mol. The molecule has 2 rings (SSSR count). The SMILES string of the molecule is CC(=O)Nc1cccc(N(CC(=O)N(C)c2ccccc2)C(C)=O)c1. The van der Waals surface area contributed by atoms with Crippen molar-refractivity contribution in [3.8, 4) is 0 Å². The maximum atomic E-state index is 12.6. The summed E-state index contributed by atoms with van der Waals surface area (Å²) in [4.78, 5) is 38.7. The average molecular weight is 339 g/mol. The lowest BCUT2D eigenvalue weighted by molar-refractivity contribution is -0.121. The summed E-state index contributed by atoms with van der Waals surface area (Å²) >= 11 is 0. The third-order valence-corrected chi connectivity index (χ3v) is 3.67. The lowest BCUT2D eigenvalue weighted by Gasteiger charge is -2.25. The monoisotopic (exact) mass is 339 g/mol. The highest BCUT2D eigenvalue weighted by Gasteiger charge is 2.19. The smallest absolute Gasteiger partial charge is 0.246 e. The first-order valence-electron chi connectivity index (χ1n) is 7.86. The van der Waals surface area contributed by atoms with E-state index < -0.39 is 0 Å². The number of likely N-dealkylation sites (N-methyl/N-ethyl adjacent to an activating group) is 1. The first-order valence-corrected chi connectivity index (χ1v) is 7.86. The summed E-state index contributed by atoms with van der Waals surface area (Å²) in [6.07, 6.45) is 0. The predicted molar refractivity (Wildman–Crippen MR) is 98.6 cm³/mol. The van der Waals surface area contributed by atoms with Crippen LogP contribution in [0.4, 0.5) is 17.1 Å². The number of nitrogens with zero attached hydrogens (tertiary/aromatic N) is 2. The van der Waals surface area contributed by atoms with Gasteiger partial charge in [0.05, 0.1) is 0 Å². The van der Waals surface area contributed by atoms with Crippen molar-refractivity contribution in [3.05, 3.63) is 54.6 Å². The Morgan fingerprint density at radius 1 is 0.920 bits per heavy atom. The van der Waals surface area contributed by atoms with Crippen LogP contribution in [-0.4, -0.2) is 31.3 Å². The van der Waals surface area contributed by atoms with Crippen LogP contribution in [0.25, 0.3) is 0 Å². The largest absolute Gasteiger partial charge is 0.326 e. The molecule has 2 aromatic rings. The van der Waals surface area contributed by atoms with Gasteiger partial charge in [0.2, 0.25) is 17.7 Å². The number of benzene rings is 2. The molecule has 25 heavy (non-hydrogen) atoms. The summed E-state index contributed by atoms with van der Waals surface area (Å²) in [5.41, 5.74) is 1.87. The van der Waals surface area contributed by atoms with Gasteiger partial charge in [-0.1, -0.05) is 24.3 Å². The Labute approximate surface area is 147 Å². The van der Waals surface area contributed by atoms with Crippen molar-refractivity contribution in [3.63, 3.8) is 0 Å². The van der Waals surface area contributed by atoms with Gasteiger partial charge < -0.3 is 15.1 Å². The summed E-state index contributed by atoms with van der Waals surface area (Å²) in [6, 6.07) is 16.1. The van der Waals surface area contributed by atoms with E-state index in [1.54, 1.807) is 31.3 Å². The molecule has 0 aromatic heterocycles. The van der Waals surface area contributed by atoms with E-state index in [0.717, 1.165) is 5.69 Å². The van der Waals surface area contributed by atoms with Gasteiger partial charge in [0.1, 0.15) is 6.54 Å². The fourth-order valence-electron chi connectivity index (χ4n) is 2.38. The Morgan fingerprint density at radius 2 is 1.56 bits per heavy atom. The van der Waals surface area contributed by atoms with Gasteiger partial charge in [-0.25, -0.2) is 0 Å². The maximum Gasteiger partial charge on any atom is 0.246 e. The number of carbonyl (C=O) groups excluding carboxylic acids is 3. The molecule has 3 amide bonds. The maximum absolute atomic E-state index is 12.6. The molecular formula is C19H21N3O3. The van der Waals surface area contributed by atoms with Crippen LogP contribution in [-0.2, 0) is 14.4 Å². The van der Waals surface area contributed by atoms with Crippen molar-refractivity contribution < 1.29 is 14.4 Å². The molecule has 6 nitrogen and oxygen atoms in total. The summed E-state index contributed by atoms with van der Waals surface area (Å²) < 4.78 is 0. The molecule has 0 radical (unpaired) electrons. The van der Waals surface area contributed by atoms with Crippen molar-refractivity contribution in [2.24, 2.45) is 0 Å². The molecule has 0 aliphatic carbocycles. The molecule has 2 aromatic carbocycles. The molecule has 0 fully saturated rings. The number of anilines is 3. The zero-order valence-electron chi connectivity index (χ0n) is 14.5. The van der Waals surface area contributed by atoms with Gasteiger partial charge in [0.25, 0.3) is 0 Å². The van der Waals surface area contributed by atoms with E-state index in [9.17, 15) is 14.4 Å². The quantitative estimate of drug-likeness (QED) is 0.910. The van der Waals surface area contributed by atoms with Crippen LogP contribution in [0.1, 0.15) is 13.8 Å². The van der Waals surface area contributed by atoms with Gasteiger partial charge in [-0.3, -0.25) is 14.4 Å². The fourth-order valence-corrected chi connectivity index (χ4v) is 2.38. The Kier molecular flexibility index (Phi) is 5.89. The number of nitrogens with one attached hydrogen (secondary N) is 1. The molecule has 0 saturated heterocycles. The second kappa shape index (κ2) is 8.10. The Balaban J connectivity index is 2.20. The lowest BCUT2D eigenvalue weighted by atomic mass is 10.2. The van der Waals surface area contributed by atoms with Crippen molar-refractivity contribution in [1.29, 1.82) is 0 Å². The minimum absolute atomic E-state index is 0.0930. The van der Waals surface area contributed by atoms with E-state index in [-0.39, 0.29) is 24.3 Å². The van der Waals surface area contributed by atoms with E-state index in [4.69, 9.17) is 0 Å². The van der Waals surface area contributed by atoms with Crippen LogP contribution < -0.4 is 15.1 Å². The Morgan fingerprint density at radius 3 is 2.16 bits per heavy atom. The van der Waals surface area contributed by atoms with Crippen LogP contribution in [0.2, 0.25) is 0 Å². The highest BCUT2D eigenvalue weighted by molar-refractivity contribution is 6.03. The number of rotatable bonds is 5. The zero-order valence-corrected chi connectivity index (χ0v) is 14.5. The Bertz CT molecular complexity index is 774. The minimum atomic E-state index is -0.255. The normalized spacial score (nSPS) is 10.0. The second-order valence-corrected chi connectivity index (χ2v) is 5.62. The first-order chi connectivity index (χ1) is 11.9. The number of carbonyl (C=O) groups is 3. The zero-order chi connectivity index (χ0) is 18.4. The van der Waals surface area contributed by atoms with Crippen molar-refractivity contribution in [1.82, 2.24) is 0 Å². The third-order valence-electron chi connectivity index (χ3n) is 3.67. The van der Waals surface area contributed by atoms with Gasteiger partial charge in [-0.05, 0) is 30.3 Å². The summed E-state index contributed by atoms with van der Waals surface area (Å²) in [5.74, 6) is -0.674. The van der Waals surface area contributed by atoms with E-state index >= 15 is 0 Å². The molecule has 0 aliphatic heterocycles. The number of para-hydroxylation sites is 1. The summed E-state index contributed by atoms with van der Waals surface area (Å²) in [7, 11) is 1.67. The number of hydrogen-bond acceptors (Lipinski definition) is 3. The predicted octanol–water partition coefficient (Wildman–Crippen LogP) is 2.66. The number of hydrogen-bond donors (Lipinski definition) is 1. The molecule has 0 aliphatic rings. The molecule has 0 unspecified atom stereocenters. The highest BCUT2D eigenvalue weighted by Crippen LogP contribution is 2.20. The standard InChI is InChI=1S/C19H21N3O3/c1-14(23)20-16-8-7-11-18(12-16)22(15(2)24)13-19(25)21(3)17-9-5-4-6-10-17/h4-12H,13H2,1-3H3,(H,20,23). The lowest BCUT2D eigenvalue weighted by Crippen LogP contribution is -2.40. The summed E-state index contributed by atoms with van der Waals surface area (Å²) in [5, 5.41) is 2.67.